The third-order valence-corrected chi connectivity index (χ3v) is 2.84. The summed E-state index contributed by atoms with van der Waals surface area (Å²) in [6, 6.07) is 9.46. The molecule has 0 unspecified atom stereocenters. The highest BCUT2D eigenvalue weighted by Gasteiger charge is 2.05. The maximum absolute atomic E-state index is 5.90. The predicted molar refractivity (Wildman–Crippen MR) is 71.1 cm³/mol. The molecule has 1 aromatic carbocycles. The van der Waals surface area contributed by atoms with Crippen LogP contribution in [-0.2, 0) is 12.5 Å². The lowest BCUT2D eigenvalue weighted by Crippen LogP contribution is -1.98. The van der Waals surface area contributed by atoms with Crippen molar-refractivity contribution < 1.29 is 9.47 Å². The highest BCUT2D eigenvalue weighted by atomic mass is 35.5. The summed E-state index contributed by atoms with van der Waals surface area (Å²) in [4.78, 5) is 3.96. The zero-order valence-corrected chi connectivity index (χ0v) is 10.9. The molecule has 3 nitrogen and oxygen atoms in total. The number of hydrogen-bond donors (Lipinski definition) is 0. The minimum absolute atomic E-state index is 0.392. The number of pyridine rings is 1. The van der Waals surface area contributed by atoms with E-state index in [1.807, 2.05) is 30.3 Å². The summed E-state index contributed by atoms with van der Waals surface area (Å²) in [5, 5.41) is 0. The molecule has 2 aromatic rings. The summed E-state index contributed by atoms with van der Waals surface area (Å²) >= 11 is 5.90. The molecular formula is C14H14ClNO2. The van der Waals surface area contributed by atoms with Gasteiger partial charge in [0.1, 0.15) is 18.1 Å². The average Bonchev–Trinajstić information content (AvgIpc) is 2.46. The van der Waals surface area contributed by atoms with Gasteiger partial charge in [0.25, 0.3) is 0 Å². The van der Waals surface area contributed by atoms with Gasteiger partial charge in [0.15, 0.2) is 0 Å². The molecule has 0 fully saturated rings. The minimum Gasteiger partial charge on any atom is -0.497 e. The van der Waals surface area contributed by atoms with E-state index in [0.717, 1.165) is 22.6 Å². The average molecular weight is 264 g/mol. The van der Waals surface area contributed by atoms with Crippen LogP contribution in [0.1, 0.15) is 11.1 Å². The van der Waals surface area contributed by atoms with Crippen molar-refractivity contribution in [1.29, 1.82) is 0 Å². The number of hydrogen-bond acceptors (Lipinski definition) is 3. The summed E-state index contributed by atoms with van der Waals surface area (Å²) in [5.74, 6) is 1.95. The van der Waals surface area contributed by atoms with Crippen LogP contribution >= 0.6 is 11.6 Å². The van der Waals surface area contributed by atoms with E-state index in [0.29, 0.717) is 12.5 Å². The fraction of sp³-hybridized carbons (Fsp3) is 0.214. The Bertz CT molecular complexity index is 502. The van der Waals surface area contributed by atoms with Gasteiger partial charge >= 0.3 is 0 Å². The first-order chi connectivity index (χ1) is 8.83. The van der Waals surface area contributed by atoms with E-state index in [9.17, 15) is 0 Å². The summed E-state index contributed by atoms with van der Waals surface area (Å²) in [7, 11) is 1.63. The number of alkyl halides is 1. The van der Waals surface area contributed by atoms with E-state index in [2.05, 4.69) is 4.98 Å². The monoisotopic (exact) mass is 263 g/mol. The maximum atomic E-state index is 5.90. The van der Waals surface area contributed by atoms with Gasteiger partial charge in [-0.1, -0.05) is 0 Å². The third kappa shape index (κ3) is 3.14. The molecule has 0 bridgehead atoms. The summed E-state index contributed by atoms with van der Waals surface area (Å²) in [6.45, 7) is 0.499. The smallest absolute Gasteiger partial charge is 0.124 e. The summed E-state index contributed by atoms with van der Waals surface area (Å²) in [6.07, 6.45) is 3.49. The SMILES string of the molecule is COc1ccc(OCc2ccncc2)c(CCl)c1. The Hall–Kier alpha value is -1.74. The van der Waals surface area contributed by atoms with Crippen molar-refractivity contribution in [3.05, 3.63) is 53.9 Å². The molecule has 0 N–H and O–H groups in total. The molecule has 0 atom stereocenters. The molecule has 0 saturated carbocycles. The van der Waals surface area contributed by atoms with Gasteiger partial charge in [0, 0.05) is 18.0 Å². The van der Waals surface area contributed by atoms with Crippen molar-refractivity contribution in [3.8, 4) is 11.5 Å². The van der Waals surface area contributed by atoms with E-state index < -0.39 is 0 Å². The highest BCUT2D eigenvalue weighted by molar-refractivity contribution is 6.17. The van der Waals surface area contributed by atoms with Crippen LogP contribution in [0.25, 0.3) is 0 Å². The standard InChI is InChI=1S/C14H14ClNO2/c1-17-13-2-3-14(12(8-13)9-15)18-10-11-4-6-16-7-5-11/h2-8H,9-10H2,1H3. The molecule has 0 saturated heterocycles. The van der Waals surface area contributed by atoms with Crippen LogP contribution in [0, 0.1) is 0 Å². The Morgan fingerprint density at radius 1 is 1.17 bits per heavy atom. The first-order valence-corrected chi connectivity index (χ1v) is 6.11. The van der Waals surface area contributed by atoms with Gasteiger partial charge < -0.3 is 9.47 Å². The molecule has 0 spiro atoms. The quantitative estimate of drug-likeness (QED) is 0.775. The number of rotatable bonds is 5. The van der Waals surface area contributed by atoms with Crippen LogP contribution in [0.4, 0.5) is 0 Å². The number of methoxy groups -OCH3 is 1. The van der Waals surface area contributed by atoms with Gasteiger partial charge in [-0.05, 0) is 35.9 Å². The van der Waals surface area contributed by atoms with E-state index in [-0.39, 0.29) is 0 Å². The second-order valence-electron chi connectivity index (χ2n) is 3.75. The Balaban J connectivity index is 2.09. The van der Waals surface area contributed by atoms with E-state index in [4.69, 9.17) is 21.1 Å². The van der Waals surface area contributed by atoms with Crippen molar-refractivity contribution in [3.63, 3.8) is 0 Å². The van der Waals surface area contributed by atoms with Crippen LogP contribution in [0.15, 0.2) is 42.7 Å². The van der Waals surface area contributed by atoms with Gasteiger partial charge in [-0.2, -0.15) is 0 Å². The van der Waals surface area contributed by atoms with E-state index in [1.54, 1.807) is 19.5 Å². The van der Waals surface area contributed by atoms with Gasteiger partial charge in [-0.3, -0.25) is 4.98 Å². The number of halogens is 1. The topological polar surface area (TPSA) is 31.4 Å². The molecule has 0 aliphatic heterocycles. The zero-order chi connectivity index (χ0) is 12.8. The molecule has 1 aromatic heterocycles. The normalized spacial score (nSPS) is 10.1. The second kappa shape index (κ2) is 6.26. The first kappa shape index (κ1) is 12.7. The molecule has 94 valence electrons. The number of aromatic nitrogens is 1. The lowest BCUT2D eigenvalue weighted by Gasteiger charge is -2.11. The molecule has 0 amide bonds. The molecule has 18 heavy (non-hydrogen) atoms. The Morgan fingerprint density at radius 2 is 1.94 bits per heavy atom. The van der Waals surface area contributed by atoms with Crippen LogP contribution in [0.2, 0.25) is 0 Å². The molecule has 4 heteroatoms. The van der Waals surface area contributed by atoms with Crippen molar-refractivity contribution in [2.75, 3.05) is 7.11 Å². The molecule has 2 rings (SSSR count). The fourth-order valence-electron chi connectivity index (χ4n) is 1.57. The van der Waals surface area contributed by atoms with Gasteiger partial charge in [0.05, 0.1) is 13.0 Å². The van der Waals surface area contributed by atoms with Gasteiger partial charge in [0.2, 0.25) is 0 Å². The number of nitrogens with zero attached hydrogens (tertiary/aromatic N) is 1. The second-order valence-corrected chi connectivity index (χ2v) is 4.02. The largest absolute Gasteiger partial charge is 0.497 e. The van der Waals surface area contributed by atoms with Crippen LogP contribution in [-0.4, -0.2) is 12.1 Å². The van der Waals surface area contributed by atoms with E-state index >= 15 is 0 Å². The summed E-state index contributed by atoms with van der Waals surface area (Å²) in [5.41, 5.74) is 1.99. The lowest BCUT2D eigenvalue weighted by atomic mass is 10.2. The zero-order valence-electron chi connectivity index (χ0n) is 10.1. The van der Waals surface area contributed by atoms with Gasteiger partial charge in [-0.15, -0.1) is 11.6 Å². The Kier molecular flexibility index (Phi) is 4.42. The Labute approximate surface area is 111 Å². The maximum Gasteiger partial charge on any atom is 0.124 e. The molecule has 0 radical (unpaired) electrons. The predicted octanol–water partition coefficient (Wildman–Crippen LogP) is 3.41. The molecule has 0 aliphatic carbocycles. The molecule has 1 heterocycles. The summed E-state index contributed by atoms with van der Waals surface area (Å²) < 4.78 is 10.9. The fourth-order valence-corrected chi connectivity index (χ4v) is 1.78. The first-order valence-electron chi connectivity index (χ1n) is 5.58. The van der Waals surface area contributed by atoms with Crippen LogP contribution in [0.5, 0.6) is 11.5 Å². The van der Waals surface area contributed by atoms with Crippen molar-refractivity contribution in [1.82, 2.24) is 4.98 Å². The molecule has 0 aliphatic rings. The van der Waals surface area contributed by atoms with Gasteiger partial charge in [-0.25, -0.2) is 0 Å². The third-order valence-electron chi connectivity index (χ3n) is 2.56. The lowest BCUT2D eigenvalue weighted by molar-refractivity contribution is 0.303. The number of benzene rings is 1. The van der Waals surface area contributed by atoms with Crippen LogP contribution < -0.4 is 9.47 Å². The minimum atomic E-state index is 0.392. The van der Waals surface area contributed by atoms with Crippen molar-refractivity contribution in [2.24, 2.45) is 0 Å². The van der Waals surface area contributed by atoms with Crippen LogP contribution in [0.3, 0.4) is 0 Å². The molecular weight excluding hydrogens is 250 g/mol. The van der Waals surface area contributed by atoms with Crippen molar-refractivity contribution >= 4 is 11.6 Å². The Morgan fingerprint density at radius 3 is 2.61 bits per heavy atom. The van der Waals surface area contributed by atoms with E-state index in [1.165, 1.54) is 0 Å². The van der Waals surface area contributed by atoms with Crippen molar-refractivity contribution in [2.45, 2.75) is 12.5 Å². The number of ether oxygens (including phenoxy) is 2. The highest BCUT2D eigenvalue weighted by Crippen LogP contribution is 2.26.